The fourth-order valence-corrected chi connectivity index (χ4v) is 4.38. The maximum atomic E-state index is 13.7. The average Bonchev–Trinajstić information content (AvgIpc) is 2.97. The molecule has 0 unspecified atom stereocenters. The minimum absolute atomic E-state index is 0.347. The Balaban J connectivity index is 1.85. The van der Waals surface area contributed by atoms with Crippen LogP contribution in [-0.4, -0.2) is 32.4 Å². The van der Waals surface area contributed by atoms with E-state index in [1.165, 1.54) is 0 Å². The zero-order chi connectivity index (χ0) is 28.9. The molecule has 0 fully saturated rings. The highest BCUT2D eigenvalue weighted by Gasteiger charge is 2.27. The zero-order valence-corrected chi connectivity index (χ0v) is 24.0. The zero-order valence-electron chi connectivity index (χ0n) is 24.0. The van der Waals surface area contributed by atoms with Gasteiger partial charge >= 0.3 is 5.97 Å². The molecule has 0 aromatic heterocycles. The molecule has 3 rings (SSSR count). The van der Waals surface area contributed by atoms with E-state index in [-0.39, 0.29) is 0 Å². The summed E-state index contributed by atoms with van der Waals surface area (Å²) < 4.78 is 29.4. The minimum Gasteiger partial charge on any atom is -0.497 e. The number of hydrogen-bond donors (Lipinski definition) is 0. The maximum absolute atomic E-state index is 13.7. The van der Waals surface area contributed by atoms with Gasteiger partial charge in [0.15, 0.2) is 11.5 Å². The van der Waals surface area contributed by atoms with Gasteiger partial charge in [0.05, 0.1) is 20.8 Å². The van der Waals surface area contributed by atoms with E-state index in [1.807, 2.05) is 55.5 Å². The molecule has 0 aliphatic rings. The number of unbranched alkanes of at least 4 members (excludes halogenated alkanes) is 2. The number of ether oxygens (including phenoxy) is 5. The topological polar surface area (TPSA) is 63.2 Å². The number of hydrogen-bond acceptors (Lipinski definition) is 6. The SMILES string of the molecule is C=Cc1cccc(OC)c1Oc1cccc(C)c1C(=O)O[C@@H](CCCCC)[C@@H](C=C)OCc1ccc(OC)cc1. The van der Waals surface area contributed by atoms with Gasteiger partial charge in [-0.3, -0.25) is 0 Å². The standard InChI is InChI=1S/C34H40O6/c1-7-10-11-16-29(28(9-3)38-23-25-19-21-27(36-5)22-20-25)40-34(35)32-24(4)14-12-17-30(32)39-33-26(8-2)15-13-18-31(33)37-6/h8-9,12-15,17-22,28-29H,2-3,7,10-11,16,23H2,1,4-6H3/t28-,29+/m1/s1. The summed E-state index contributed by atoms with van der Waals surface area (Å²) in [4.78, 5) is 13.7. The van der Waals surface area contributed by atoms with Crippen LogP contribution in [0.25, 0.3) is 6.08 Å². The first kappa shape index (κ1) is 30.5. The van der Waals surface area contributed by atoms with Gasteiger partial charge in [0.25, 0.3) is 0 Å². The molecule has 3 aromatic carbocycles. The van der Waals surface area contributed by atoms with Crippen molar-refractivity contribution < 1.29 is 28.5 Å². The molecule has 3 aromatic rings. The van der Waals surface area contributed by atoms with Crippen LogP contribution in [0.5, 0.6) is 23.0 Å². The second-order valence-electron chi connectivity index (χ2n) is 9.43. The fraction of sp³-hybridized carbons (Fsp3) is 0.324. The van der Waals surface area contributed by atoms with Crippen LogP contribution in [0, 0.1) is 6.92 Å². The lowest BCUT2D eigenvalue weighted by Crippen LogP contribution is -2.32. The van der Waals surface area contributed by atoms with Crippen molar-refractivity contribution in [2.75, 3.05) is 14.2 Å². The van der Waals surface area contributed by atoms with Gasteiger partial charge in [0, 0.05) is 5.56 Å². The van der Waals surface area contributed by atoms with Gasteiger partial charge < -0.3 is 23.7 Å². The van der Waals surface area contributed by atoms with Gasteiger partial charge in [-0.05, 0) is 55.2 Å². The van der Waals surface area contributed by atoms with Crippen molar-refractivity contribution >= 4 is 12.0 Å². The van der Waals surface area contributed by atoms with E-state index >= 15 is 0 Å². The van der Waals surface area contributed by atoms with E-state index in [0.717, 1.165) is 41.7 Å². The molecule has 0 N–H and O–H groups in total. The third-order valence-corrected chi connectivity index (χ3v) is 6.65. The molecule has 2 atom stereocenters. The van der Waals surface area contributed by atoms with Crippen LogP contribution >= 0.6 is 0 Å². The average molecular weight is 545 g/mol. The summed E-state index contributed by atoms with van der Waals surface area (Å²) in [6, 6.07) is 18.7. The summed E-state index contributed by atoms with van der Waals surface area (Å²) in [6.45, 7) is 12.2. The van der Waals surface area contributed by atoms with Gasteiger partial charge in [0.2, 0.25) is 0 Å². The summed E-state index contributed by atoms with van der Waals surface area (Å²) in [5.74, 6) is 1.68. The van der Waals surface area contributed by atoms with Crippen LogP contribution in [0.15, 0.2) is 79.9 Å². The molecule has 6 nitrogen and oxygen atoms in total. The van der Waals surface area contributed by atoms with E-state index in [0.29, 0.717) is 35.8 Å². The summed E-state index contributed by atoms with van der Waals surface area (Å²) >= 11 is 0. The normalized spacial score (nSPS) is 12.2. The highest BCUT2D eigenvalue weighted by molar-refractivity contribution is 5.94. The first-order chi connectivity index (χ1) is 19.4. The van der Waals surface area contributed by atoms with Crippen molar-refractivity contribution in [3.05, 3.63) is 102 Å². The van der Waals surface area contributed by atoms with Gasteiger partial charge in [-0.25, -0.2) is 4.79 Å². The van der Waals surface area contributed by atoms with Crippen molar-refractivity contribution in [2.45, 2.75) is 58.3 Å². The number of esters is 1. The molecule has 0 spiro atoms. The van der Waals surface area contributed by atoms with E-state index in [1.54, 1.807) is 38.5 Å². The Kier molecular flexibility index (Phi) is 11.8. The van der Waals surface area contributed by atoms with Crippen molar-refractivity contribution in [3.8, 4) is 23.0 Å². The lowest BCUT2D eigenvalue weighted by Gasteiger charge is -2.26. The highest BCUT2D eigenvalue weighted by atomic mass is 16.6. The number of para-hydroxylation sites is 1. The molecular formula is C34H40O6. The molecule has 0 bridgehead atoms. The summed E-state index contributed by atoms with van der Waals surface area (Å²) in [5.41, 5.74) is 2.81. The van der Waals surface area contributed by atoms with Crippen molar-refractivity contribution in [3.63, 3.8) is 0 Å². The van der Waals surface area contributed by atoms with E-state index in [2.05, 4.69) is 20.1 Å². The molecule has 6 heteroatoms. The van der Waals surface area contributed by atoms with E-state index in [9.17, 15) is 4.79 Å². The summed E-state index contributed by atoms with van der Waals surface area (Å²) in [5, 5.41) is 0. The monoisotopic (exact) mass is 544 g/mol. The van der Waals surface area contributed by atoms with Crippen LogP contribution in [-0.2, 0) is 16.1 Å². The number of carbonyl (C=O) groups excluding carboxylic acids is 1. The Morgan fingerprint density at radius 1 is 0.925 bits per heavy atom. The van der Waals surface area contributed by atoms with Gasteiger partial charge in [-0.1, -0.05) is 74.9 Å². The predicted octanol–water partition coefficient (Wildman–Crippen LogP) is 8.32. The van der Waals surface area contributed by atoms with Crippen LogP contribution in [0.3, 0.4) is 0 Å². The van der Waals surface area contributed by atoms with Crippen LogP contribution in [0.4, 0.5) is 0 Å². The first-order valence-corrected chi connectivity index (χ1v) is 13.6. The quantitative estimate of drug-likeness (QED) is 0.103. The van der Waals surface area contributed by atoms with Crippen LogP contribution in [0.2, 0.25) is 0 Å². The molecule has 0 radical (unpaired) electrons. The molecule has 212 valence electrons. The van der Waals surface area contributed by atoms with Crippen molar-refractivity contribution in [1.29, 1.82) is 0 Å². The van der Waals surface area contributed by atoms with E-state index in [4.69, 9.17) is 23.7 Å². The number of carbonyl (C=O) groups is 1. The largest absolute Gasteiger partial charge is 0.497 e. The minimum atomic E-state index is -0.516. The lowest BCUT2D eigenvalue weighted by atomic mass is 10.0. The number of aryl methyl sites for hydroxylation is 1. The fourth-order valence-electron chi connectivity index (χ4n) is 4.38. The Morgan fingerprint density at radius 2 is 1.65 bits per heavy atom. The second kappa shape index (κ2) is 15.5. The summed E-state index contributed by atoms with van der Waals surface area (Å²) in [6.07, 6.45) is 5.99. The molecular weight excluding hydrogens is 504 g/mol. The Hall–Kier alpha value is -4.03. The van der Waals surface area contributed by atoms with Crippen molar-refractivity contribution in [2.24, 2.45) is 0 Å². The van der Waals surface area contributed by atoms with Crippen LogP contribution < -0.4 is 14.2 Å². The number of rotatable bonds is 16. The Bertz CT molecular complexity index is 1260. The van der Waals surface area contributed by atoms with Gasteiger partial charge in [-0.15, -0.1) is 6.58 Å². The number of methoxy groups -OCH3 is 2. The third-order valence-electron chi connectivity index (χ3n) is 6.65. The number of benzene rings is 3. The van der Waals surface area contributed by atoms with Gasteiger partial charge in [-0.2, -0.15) is 0 Å². The molecule has 0 saturated carbocycles. The van der Waals surface area contributed by atoms with Gasteiger partial charge in [0.1, 0.15) is 29.3 Å². The molecule has 40 heavy (non-hydrogen) atoms. The molecule has 0 amide bonds. The predicted molar refractivity (Wildman–Crippen MR) is 159 cm³/mol. The first-order valence-electron chi connectivity index (χ1n) is 13.6. The molecule has 0 saturated heterocycles. The Labute approximate surface area is 238 Å². The van der Waals surface area contributed by atoms with E-state index < -0.39 is 18.2 Å². The highest BCUT2D eigenvalue weighted by Crippen LogP contribution is 2.38. The smallest absolute Gasteiger partial charge is 0.342 e. The lowest BCUT2D eigenvalue weighted by molar-refractivity contribution is -0.0421. The molecule has 0 heterocycles. The molecule has 0 aliphatic heterocycles. The third kappa shape index (κ3) is 7.99. The van der Waals surface area contributed by atoms with Crippen LogP contribution in [0.1, 0.15) is 59.7 Å². The van der Waals surface area contributed by atoms with Crippen molar-refractivity contribution in [1.82, 2.24) is 0 Å². The maximum Gasteiger partial charge on any atom is 0.342 e. The Morgan fingerprint density at radius 3 is 2.30 bits per heavy atom. The second-order valence-corrected chi connectivity index (χ2v) is 9.43. The summed E-state index contributed by atoms with van der Waals surface area (Å²) in [7, 11) is 3.21. The molecule has 0 aliphatic carbocycles.